The van der Waals surface area contributed by atoms with E-state index in [1.165, 1.54) is 6.33 Å². The second-order valence-electron chi connectivity index (χ2n) is 7.80. The van der Waals surface area contributed by atoms with E-state index in [1.54, 1.807) is 12.3 Å². The molecule has 1 unspecified atom stereocenters. The lowest BCUT2D eigenvalue weighted by atomic mass is 10.1. The highest BCUT2D eigenvalue weighted by Crippen LogP contribution is 2.30. The van der Waals surface area contributed by atoms with Gasteiger partial charge in [-0.3, -0.25) is 0 Å². The standard InChI is InChI=1S/C23H37N9O3/c1-4-33-13-10-27-21-20(19(24)17(3)35-15-14-34-5-2)30-23(32-11-8-25-9-12-32)31-22(21)29-18-6-7-26-16-28-18/h6-7,16-17,24-25,27H,4-5,8-15H2,1-3H3,(H,26,28,29,30,31). The Balaban J connectivity index is 1.96. The number of aromatic nitrogens is 4. The fraction of sp³-hybridized carbons (Fsp3) is 0.609. The van der Waals surface area contributed by atoms with Crippen molar-refractivity contribution in [3.8, 4) is 0 Å². The van der Waals surface area contributed by atoms with E-state index in [1.807, 2.05) is 20.8 Å². The first-order valence-corrected chi connectivity index (χ1v) is 12.1. The summed E-state index contributed by atoms with van der Waals surface area (Å²) in [5.74, 6) is 1.68. The number of ether oxygens (including phenoxy) is 3. The molecule has 0 aromatic carbocycles. The normalized spacial score (nSPS) is 14.5. The summed E-state index contributed by atoms with van der Waals surface area (Å²) in [5, 5.41) is 19.0. The Morgan fingerprint density at radius 2 is 1.91 bits per heavy atom. The maximum absolute atomic E-state index is 8.95. The zero-order chi connectivity index (χ0) is 24.9. The van der Waals surface area contributed by atoms with Gasteiger partial charge in [-0.1, -0.05) is 0 Å². The van der Waals surface area contributed by atoms with Gasteiger partial charge in [0.1, 0.15) is 23.5 Å². The molecule has 2 aromatic heterocycles. The molecule has 1 aliphatic rings. The largest absolute Gasteiger partial charge is 0.380 e. The van der Waals surface area contributed by atoms with E-state index < -0.39 is 6.10 Å². The number of nitrogens with zero attached hydrogens (tertiary/aromatic N) is 5. The van der Waals surface area contributed by atoms with Crippen LogP contribution in [0.2, 0.25) is 0 Å². The fourth-order valence-corrected chi connectivity index (χ4v) is 3.49. The zero-order valence-electron chi connectivity index (χ0n) is 20.8. The van der Waals surface area contributed by atoms with Gasteiger partial charge in [-0.25, -0.2) is 15.0 Å². The molecule has 3 rings (SSSR count). The minimum atomic E-state index is -0.486. The van der Waals surface area contributed by atoms with Crippen LogP contribution in [0, 0.1) is 5.41 Å². The average molecular weight is 488 g/mol. The van der Waals surface area contributed by atoms with Crippen LogP contribution in [0.3, 0.4) is 0 Å². The number of nitrogens with one attached hydrogen (secondary N) is 4. The molecule has 0 amide bonds. The first kappa shape index (κ1) is 26.7. The number of anilines is 4. The predicted molar refractivity (Wildman–Crippen MR) is 136 cm³/mol. The molecule has 1 aliphatic heterocycles. The first-order valence-electron chi connectivity index (χ1n) is 12.1. The van der Waals surface area contributed by atoms with Gasteiger partial charge in [-0.05, 0) is 26.8 Å². The Labute approximate surface area is 206 Å². The SMILES string of the molecule is CCOCCNc1c(Nc2ccncn2)nc(N2CCNCC2)nc1C(=N)C(C)OCCOCC. The smallest absolute Gasteiger partial charge is 0.228 e. The van der Waals surface area contributed by atoms with Gasteiger partial charge in [-0.2, -0.15) is 4.98 Å². The quantitative estimate of drug-likeness (QED) is 0.215. The summed E-state index contributed by atoms with van der Waals surface area (Å²) < 4.78 is 16.8. The summed E-state index contributed by atoms with van der Waals surface area (Å²) in [6.45, 7) is 12.1. The highest BCUT2D eigenvalue weighted by atomic mass is 16.5. The third-order valence-electron chi connectivity index (χ3n) is 5.34. The molecule has 0 bridgehead atoms. The van der Waals surface area contributed by atoms with E-state index in [9.17, 15) is 0 Å². The van der Waals surface area contributed by atoms with Crippen molar-refractivity contribution >= 4 is 29.0 Å². The summed E-state index contributed by atoms with van der Waals surface area (Å²) in [6, 6.07) is 1.76. The van der Waals surface area contributed by atoms with Crippen molar-refractivity contribution in [1.82, 2.24) is 25.3 Å². The Hall–Kier alpha value is -2.93. The van der Waals surface area contributed by atoms with Crippen LogP contribution in [0.1, 0.15) is 26.5 Å². The molecule has 1 fully saturated rings. The lowest BCUT2D eigenvalue weighted by Gasteiger charge is -2.29. The van der Waals surface area contributed by atoms with Gasteiger partial charge in [-0.15, -0.1) is 0 Å². The van der Waals surface area contributed by atoms with Crippen LogP contribution in [0.15, 0.2) is 18.6 Å². The van der Waals surface area contributed by atoms with E-state index in [-0.39, 0.29) is 5.71 Å². The van der Waals surface area contributed by atoms with Crippen molar-refractivity contribution in [3.63, 3.8) is 0 Å². The van der Waals surface area contributed by atoms with Gasteiger partial charge < -0.3 is 40.5 Å². The maximum atomic E-state index is 8.95. The van der Waals surface area contributed by atoms with E-state index in [4.69, 9.17) is 29.6 Å². The third kappa shape index (κ3) is 8.06. The van der Waals surface area contributed by atoms with Gasteiger partial charge in [0.2, 0.25) is 5.95 Å². The third-order valence-corrected chi connectivity index (χ3v) is 5.34. The van der Waals surface area contributed by atoms with E-state index in [2.05, 4.69) is 30.8 Å². The average Bonchev–Trinajstić information content (AvgIpc) is 2.90. The number of hydrogen-bond acceptors (Lipinski definition) is 12. The molecular formula is C23H37N9O3. The first-order chi connectivity index (χ1) is 17.1. The molecule has 12 nitrogen and oxygen atoms in total. The predicted octanol–water partition coefficient (Wildman–Crippen LogP) is 1.68. The lowest BCUT2D eigenvalue weighted by molar-refractivity contribution is 0.0400. The maximum Gasteiger partial charge on any atom is 0.228 e. The van der Waals surface area contributed by atoms with Crippen LogP contribution < -0.4 is 20.9 Å². The van der Waals surface area contributed by atoms with Crippen LogP contribution in [0.4, 0.5) is 23.3 Å². The monoisotopic (exact) mass is 487 g/mol. The van der Waals surface area contributed by atoms with E-state index in [0.717, 1.165) is 26.2 Å². The number of hydrogen-bond donors (Lipinski definition) is 4. The highest BCUT2D eigenvalue weighted by Gasteiger charge is 2.25. The second-order valence-corrected chi connectivity index (χ2v) is 7.80. The number of piperazine rings is 1. The molecule has 0 aliphatic carbocycles. The second kappa shape index (κ2) is 14.5. The summed E-state index contributed by atoms with van der Waals surface area (Å²) >= 11 is 0. The molecular weight excluding hydrogens is 450 g/mol. The summed E-state index contributed by atoms with van der Waals surface area (Å²) in [6.07, 6.45) is 2.65. The molecule has 4 N–H and O–H groups in total. The van der Waals surface area contributed by atoms with Crippen molar-refractivity contribution in [3.05, 3.63) is 24.3 Å². The lowest BCUT2D eigenvalue weighted by Crippen LogP contribution is -2.44. The molecule has 2 aromatic rings. The van der Waals surface area contributed by atoms with Crippen molar-refractivity contribution in [2.24, 2.45) is 0 Å². The Morgan fingerprint density at radius 1 is 1.14 bits per heavy atom. The fourth-order valence-electron chi connectivity index (χ4n) is 3.49. The molecule has 0 radical (unpaired) electrons. The van der Waals surface area contributed by atoms with Crippen LogP contribution in [-0.2, 0) is 14.2 Å². The molecule has 35 heavy (non-hydrogen) atoms. The van der Waals surface area contributed by atoms with Gasteiger partial charge >= 0.3 is 0 Å². The minimum Gasteiger partial charge on any atom is -0.380 e. The topological polar surface area (TPSA) is 142 Å². The summed E-state index contributed by atoms with van der Waals surface area (Å²) in [4.78, 5) is 20.1. The van der Waals surface area contributed by atoms with Crippen LogP contribution >= 0.6 is 0 Å². The molecule has 3 heterocycles. The molecule has 1 saturated heterocycles. The molecule has 192 valence electrons. The molecule has 0 saturated carbocycles. The van der Waals surface area contributed by atoms with Crippen molar-refractivity contribution < 1.29 is 14.2 Å². The molecule has 0 spiro atoms. The van der Waals surface area contributed by atoms with Gasteiger partial charge in [0.05, 0.1) is 31.6 Å². The van der Waals surface area contributed by atoms with Crippen LogP contribution in [-0.4, -0.2) is 97.5 Å². The molecule has 12 heteroatoms. The van der Waals surface area contributed by atoms with Crippen molar-refractivity contribution in [2.75, 3.05) is 81.3 Å². The van der Waals surface area contributed by atoms with Crippen LogP contribution in [0.5, 0.6) is 0 Å². The minimum absolute atomic E-state index is 0.255. The van der Waals surface area contributed by atoms with Gasteiger partial charge in [0.25, 0.3) is 0 Å². The summed E-state index contributed by atoms with van der Waals surface area (Å²) in [7, 11) is 0. The zero-order valence-corrected chi connectivity index (χ0v) is 20.8. The Morgan fingerprint density at radius 3 is 2.63 bits per heavy atom. The van der Waals surface area contributed by atoms with Crippen LogP contribution in [0.25, 0.3) is 0 Å². The van der Waals surface area contributed by atoms with Crippen molar-refractivity contribution in [1.29, 1.82) is 5.41 Å². The van der Waals surface area contributed by atoms with Gasteiger partial charge in [0.15, 0.2) is 5.82 Å². The van der Waals surface area contributed by atoms with E-state index >= 15 is 0 Å². The van der Waals surface area contributed by atoms with Gasteiger partial charge in [0, 0.05) is 52.1 Å². The van der Waals surface area contributed by atoms with E-state index in [0.29, 0.717) is 68.5 Å². The summed E-state index contributed by atoms with van der Waals surface area (Å²) in [5.41, 5.74) is 1.34. The van der Waals surface area contributed by atoms with Crippen molar-refractivity contribution in [2.45, 2.75) is 26.9 Å². The number of rotatable bonds is 15. The molecule has 1 atom stereocenters. The Bertz CT molecular complexity index is 911. The highest BCUT2D eigenvalue weighted by molar-refractivity contribution is 6.06. The Kier molecular flexibility index (Phi) is 11.0.